The summed E-state index contributed by atoms with van der Waals surface area (Å²) in [5.74, 6) is 0. The molecular formula is C21H45NO6. The number of aliphatic hydroxyl groups is 2. The maximum absolute atomic E-state index is 9.12. The maximum Gasteiger partial charge on any atom is 0.0705 e. The summed E-state index contributed by atoms with van der Waals surface area (Å²) in [5, 5.41) is 18.0. The van der Waals surface area contributed by atoms with Crippen molar-refractivity contribution in [1.82, 2.24) is 4.90 Å². The van der Waals surface area contributed by atoms with Gasteiger partial charge in [-0.3, -0.25) is 4.90 Å². The topological polar surface area (TPSA) is 80.6 Å². The van der Waals surface area contributed by atoms with Gasteiger partial charge in [0.1, 0.15) is 0 Å². The van der Waals surface area contributed by atoms with Crippen LogP contribution in [0.2, 0.25) is 0 Å². The Balaban J connectivity index is 4.47. The van der Waals surface area contributed by atoms with Crippen LogP contribution in [0.5, 0.6) is 0 Å². The van der Waals surface area contributed by atoms with Crippen LogP contribution in [0.25, 0.3) is 0 Å². The van der Waals surface area contributed by atoms with Gasteiger partial charge >= 0.3 is 0 Å². The van der Waals surface area contributed by atoms with E-state index in [1.54, 1.807) is 0 Å². The van der Waals surface area contributed by atoms with Gasteiger partial charge in [0, 0.05) is 39.5 Å². The number of hydrogen-bond donors (Lipinski definition) is 2. The second kappa shape index (κ2) is 20.0. The average molecular weight is 408 g/mol. The molecule has 0 aliphatic rings. The fourth-order valence-electron chi connectivity index (χ4n) is 2.91. The predicted molar refractivity (Wildman–Crippen MR) is 112 cm³/mol. The standard InChI is InChI=1S/C21H45NO6/c1-5-7-21(28-20(4)8-12-23)18-22(10-15-26-17-13-24)11-16-27-19(3)9-14-25-6-2/h19-21,23-24H,5-18H2,1-4H3. The van der Waals surface area contributed by atoms with Gasteiger partial charge in [0.05, 0.1) is 44.7 Å². The smallest absolute Gasteiger partial charge is 0.0705 e. The molecule has 7 heteroatoms. The molecule has 0 aromatic carbocycles. The van der Waals surface area contributed by atoms with E-state index in [9.17, 15) is 0 Å². The summed E-state index contributed by atoms with van der Waals surface area (Å²) in [4.78, 5) is 2.30. The van der Waals surface area contributed by atoms with Crippen molar-refractivity contribution in [3.63, 3.8) is 0 Å². The molecule has 0 spiro atoms. The number of ether oxygens (including phenoxy) is 4. The average Bonchev–Trinajstić information content (AvgIpc) is 2.65. The van der Waals surface area contributed by atoms with Crippen LogP contribution >= 0.6 is 0 Å². The van der Waals surface area contributed by atoms with E-state index in [4.69, 9.17) is 29.2 Å². The van der Waals surface area contributed by atoms with Crippen LogP contribution in [-0.2, 0) is 18.9 Å². The third kappa shape index (κ3) is 16.7. The number of aliphatic hydroxyl groups excluding tert-OH is 2. The van der Waals surface area contributed by atoms with Crippen LogP contribution < -0.4 is 0 Å². The van der Waals surface area contributed by atoms with E-state index in [-0.39, 0.29) is 31.5 Å². The second-order valence-electron chi connectivity index (χ2n) is 7.17. The maximum atomic E-state index is 9.12. The van der Waals surface area contributed by atoms with Gasteiger partial charge in [0.15, 0.2) is 0 Å². The Labute approximate surface area is 172 Å². The number of hydrogen-bond acceptors (Lipinski definition) is 7. The third-order valence-electron chi connectivity index (χ3n) is 4.50. The summed E-state index contributed by atoms with van der Waals surface area (Å²) in [7, 11) is 0. The van der Waals surface area contributed by atoms with Gasteiger partial charge < -0.3 is 29.2 Å². The molecule has 0 radical (unpaired) electrons. The fourth-order valence-corrected chi connectivity index (χ4v) is 2.91. The van der Waals surface area contributed by atoms with Crippen molar-refractivity contribution < 1.29 is 29.2 Å². The van der Waals surface area contributed by atoms with Crippen molar-refractivity contribution in [2.45, 2.75) is 71.7 Å². The lowest BCUT2D eigenvalue weighted by Gasteiger charge is -2.29. The minimum atomic E-state index is 0.0424. The first-order valence-corrected chi connectivity index (χ1v) is 10.9. The molecule has 0 saturated carbocycles. The highest BCUT2D eigenvalue weighted by Gasteiger charge is 2.17. The van der Waals surface area contributed by atoms with Gasteiger partial charge in [0.25, 0.3) is 0 Å². The molecule has 3 atom stereocenters. The van der Waals surface area contributed by atoms with E-state index in [1.807, 2.05) is 13.8 Å². The quantitative estimate of drug-likeness (QED) is 0.282. The Morgan fingerprint density at radius 2 is 1.54 bits per heavy atom. The van der Waals surface area contributed by atoms with Crippen LogP contribution in [0, 0.1) is 0 Å². The van der Waals surface area contributed by atoms with Gasteiger partial charge in [-0.05, 0) is 40.0 Å². The van der Waals surface area contributed by atoms with Crippen LogP contribution in [0.1, 0.15) is 53.4 Å². The third-order valence-corrected chi connectivity index (χ3v) is 4.50. The number of nitrogens with zero attached hydrogens (tertiary/aromatic N) is 1. The predicted octanol–water partition coefficient (Wildman–Crippen LogP) is 2.09. The molecule has 0 fully saturated rings. The fraction of sp³-hybridized carbons (Fsp3) is 1.00. The van der Waals surface area contributed by atoms with E-state index < -0.39 is 0 Å². The minimum Gasteiger partial charge on any atom is -0.396 e. The van der Waals surface area contributed by atoms with Crippen molar-refractivity contribution in [3.05, 3.63) is 0 Å². The lowest BCUT2D eigenvalue weighted by Crippen LogP contribution is -2.40. The first kappa shape index (κ1) is 27.7. The summed E-state index contributed by atoms with van der Waals surface area (Å²) in [6, 6.07) is 0. The van der Waals surface area contributed by atoms with E-state index in [1.165, 1.54) is 0 Å². The highest BCUT2D eigenvalue weighted by Crippen LogP contribution is 2.11. The van der Waals surface area contributed by atoms with Crippen molar-refractivity contribution in [1.29, 1.82) is 0 Å². The van der Waals surface area contributed by atoms with Crippen LogP contribution in [0.4, 0.5) is 0 Å². The molecule has 3 unspecified atom stereocenters. The molecule has 0 rings (SSSR count). The molecule has 28 heavy (non-hydrogen) atoms. The van der Waals surface area contributed by atoms with Gasteiger partial charge in [0.2, 0.25) is 0 Å². The highest BCUT2D eigenvalue weighted by molar-refractivity contribution is 4.68. The lowest BCUT2D eigenvalue weighted by molar-refractivity contribution is -0.0431. The molecule has 7 nitrogen and oxygen atoms in total. The summed E-state index contributed by atoms with van der Waals surface area (Å²) in [6.07, 6.45) is 3.93. The van der Waals surface area contributed by atoms with E-state index in [0.29, 0.717) is 26.2 Å². The Morgan fingerprint density at radius 1 is 0.786 bits per heavy atom. The largest absolute Gasteiger partial charge is 0.396 e. The molecule has 0 aromatic heterocycles. The van der Waals surface area contributed by atoms with Crippen molar-refractivity contribution in [3.8, 4) is 0 Å². The Bertz CT molecular complexity index is 321. The molecule has 2 N–H and O–H groups in total. The minimum absolute atomic E-state index is 0.0424. The Hall–Kier alpha value is -0.280. The zero-order chi connectivity index (χ0) is 21.0. The first-order valence-electron chi connectivity index (χ1n) is 10.9. The highest BCUT2D eigenvalue weighted by atomic mass is 16.5. The second-order valence-corrected chi connectivity index (χ2v) is 7.17. The summed E-state index contributed by atoms with van der Waals surface area (Å²) < 4.78 is 22.9. The monoisotopic (exact) mass is 407 g/mol. The summed E-state index contributed by atoms with van der Waals surface area (Å²) in [6.45, 7) is 13.9. The van der Waals surface area contributed by atoms with Gasteiger partial charge in [-0.2, -0.15) is 0 Å². The van der Waals surface area contributed by atoms with Crippen LogP contribution in [0.3, 0.4) is 0 Å². The molecular weight excluding hydrogens is 362 g/mol. The Kier molecular flexibility index (Phi) is 19.8. The molecule has 0 heterocycles. The van der Waals surface area contributed by atoms with E-state index >= 15 is 0 Å². The lowest BCUT2D eigenvalue weighted by atomic mass is 10.2. The molecule has 0 saturated heterocycles. The van der Waals surface area contributed by atoms with E-state index in [2.05, 4.69) is 18.7 Å². The zero-order valence-electron chi connectivity index (χ0n) is 18.6. The summed E-state index contributed by atoms with van der Waals surface area (Å²) >= 11 is 0. The molecule has 0 bridgehead atoms. The molecule has 170 valence electrons. The van der Waals surface area contributed by atoms with Gasteiger partial charge in [-0.1, -0.05) is 13.3 Å². The van der Waals surface area contributed by atoms with Crippen LogP contribution in [-0.4, -0.2) is 99.3 Å². The number of rotatable bonds is 21. The van der Waals surface area contributed by atoms with E-state index in [0.717, 1.165) is 52.1 Å². The molecule has 0 aromatic rings. The molecule has 0 aliphatic carbocycles. The normalized spacial score (nSPS) is 15.1. The van der Waals surface area contributed by atoms with Crippen molar-refractivity contribution in [2.75, 3.05) is 65.9 Å². The van der Waals surface area contributed by atoms with Gasteiger partial charge in [-0.25, -0.2) is 0 Å². The Morgan fingerprint density at radius 3 is 2.18 bits per heavy atom. The van der Waals surface area contributed by atoms with Gasteiger partial charge in [-0.15, -0.1) is 0 Å². The zero-order valence-corrected chi connectivity index (χ0v) is 18.6. The van der Waals surface area contributed by atoms with Crippen LogP contribution in [0.15, 0.2) is 0 Å². The summed E-state index contributed by atoms with van der Waals surface area (Å²) in [5.41, 5.74) is 0. The first-order chi connectivity index (χ1) is 13.6. The van der Waals surface area contributed by atoms with Crippen molar-refractivity contribution >= 4 is 0 Å². The molecule has 0 aliphatic heterocycles. The van der Waals surface area contributed by atoms with Crippen molar-refractivity contribution in [2.24, 2.45) is 0 Å². The SMILES string of the molecule is CCCC(CN(CCOCCO)CCOC(C)CCOCC)OC(C)CCO. The molecule has 0 amide bonds.